The highest BCUT2D eigenvalue weighted by Gasteiger charge is 2.22. The molecule has 0 aliphatic rings. The molecule has 0 aromatic rings. The molecular formula is C9H19NO5S. The molecule has 96 valence electrons. The minimum absolute atomic E-state index is 0.0734. The summed E-state index contributed by atoms with van der Waals surface area (Å²) in [6.07, 6.45) is 2.08. The molecule has 1 atom stereocenters. The summed E-state index contributed by atoms with van der Waals surface area (Å²) >= 11 is 0. The largest absolute Gasteiger partial charge is 0.480 e. The van der Waals surface area contributed by atoms with E-state index in [0.717, 1.165) is 12.8 Å². The van der Waals surface area contributed by atoms with Gasteiger partial charge in [0.1, 0.15) is 6.04 Å². The summed E-state index contributed by atoms with van der Waals surface area (Å²) in [5.74, 6) is -1.34. The number of carboxylic acid groups (broad SMARTS) is 1. The van der Waals surface area contributed by atoms with Crippen molar-refractivity contribution in [3.63, 3.8) is 0 Å². The minimum atomic E-state index is -3.56. The van der Waals surface area contributed by atoms with Crippen LogP contribution in [0.2, 0.25) is 0 Å². The zero-order valence-electron chi connectivity index (χ0n) is 9.35. The van der Waals surface area contributed by atoms with Crippen LogP contribution in [0.25, 0.3) is 0 Å². The number of hydrogen-bond donors (Lipinski definition) is 3. The maximum atomic E-state index is 11.4. The van der Waals surface area contributed by atoms with Crippen molar-refractivity contribution in [3.05, 3.63) is 0 Å². The molecule has 0 aromatic heterocycles. The molecule has 0 unspecified atom stereocenters. The van der Waals surface area contributed by atoms with Crippen molar-refractivity contribution in [1.82, 2.24) is 4.72 Å². The van der Waals surface area contributed by atoms with Crippen LogP contribution in [-0.4, -0.2) is 43.0 Å². The van der Waals surface area contributed by atoms with Gasteiger partial charge in [0, 0.05) is 6.61 Å². The zero-order valence-corrected chi connectivity index (χ0v) is 10.2. The van der Waals surface area contributed by atoms with E-state index in [1.54, 1.807) is 0 Å². The molecule has 0 radical (unpaired) electrons. The zero-order chi connectivity index (χ0) is 12.6. The Labute approximate surface area is 95.7 Å². The molecule has 0 rings (SSSR count). The van der Waals surface area contributed by atoms with Crippen LogP contribution < -0.4 is 4.72 Å². The van der Waals surface area contributed by atoms with Gasteiger partial charge in [0.2, 0.25) is 10.0 Å². The van der Waals surface area contributed by atoms with Gasteiger partial charge in [0.25, 0.3) is 0 Å². The second-order valence-corrected chi connectivity index (χ2v) is 5.42. The first-order valence-electron chi connectivity index (χ1n) is 5.26. The Hall–Kier alpha value is -0.660. The number of aliphatic hydroxyl groups excluding tert-OH is 1. The third-order valence-corrected chi connectivity index (χ3v) is 3.52. The number of unbranched alkanes of at least 4 members (excludes halogenated alkanes) is 2. The van der Waals surface area contributed by atoms with Crippen LogP contribution in [-0.2, 0) is 14.8 Å². The molecule has 3 N–H and O–H groups in total. The lowest BCUT2D eigenvalue weighted by Gasteiger charge is -2.13. The third kappa shape index (κ3) is 6.76. The van der Waals surface area contributed by atoms with Crippen molar-refractivity contribution in [2.24, 2.45) is 0 Å². The van der Waals surface area contributed by atoms with Crippen molar-refractivity contribution >= 4 is 16.0 Å². The molecule has 0 spiro atoms. The first-order valence-corrected chi connectivity index (χ1v) is 6.92. The van der Waals surface area contributed by atoms with E-state index in [9.17, 15) is 13.2 Å². The highest BCUT2D eigenvalue weighted by molar-refractivity contribution is 7.89. The van der Waals surface area contributed by atoms with Gasteiger partial charge in [-0.1, -0.05) is 19.8 Å². The van der Waals surface area contributed by atoms with Crippen LogP contribution >= 0.6 is 0 Å². The molecule has 0 bridgehead atoms. The molecule has 16 heavy (non-hydrogen) atoms. The number of carboxylic acids is 1. The SMILES string of the molecule is CCCCCS(=O)(=O)N[C@@H](CCO)C(=O)O. The molecule has 7 heteroatoms. The Morgan fingerprint density at radius 3 is 2.44 bits per heavy atom. The average molecular weight is 253 g/mol. The number of hydrogen-bond acceptors (Lipinski definition) is 4. The number of carbonyl (C=O) groups is 1. The maximum Gasteiger partial charge on any atom is 0.321 e. The lowest BCUT2D eigenvalue weighted by Crippen LogP contribution is -2.42. The summed E-state index contributed by atoms with van der Waals surface area (Å²) in [6.45, 7) is 1.58. The van der Waals surface area contributed by atoms with Gasteiger partial charge in [-0.2, -0.15) is 0 Å². The summed E-state index contributed by atoms with van der Waals surface area (Å²) in [5.41, 5.74) is 0. The summed E-state index contributed by atoms with van der Waals surface area (Å²) in [4.78, 5) is 10.7. The Balaban J connectivity index is 4.25. The van der Waals surface area contributed by atoms with Gasteiger partial charge in [-0.3, -0.25) is 4.79 Å². The molecule has 0 saturated heterocycles. The van der Waals surface area contributed by atoms with Crippen molar-refractivity contribution in [3.8, 4) is 0 Å². The molecule has 0 fully saturated rings. The van der Waals surface area contributed by atoms with E-state index in [1.807, 2.05) is 6.92 Å². The Bertz CT molecular complexity index is 301. The minimum Gasteiger partial charge on any atom is -0.480 e. The van der Waals surface area contributed by atoms with Crippen LogP contribution in [0.5, 0.6) is 0 Å². The van der Waals surface area contributed by atoms with Gasteiger partial charge in [-0.05, 0) is 12.8 Å². The molecular weight excluding hydrogens is 234 g/mol. The predicted octanol–water partition coefficient (Wildman–Crippen LogP) is -0.0684. The van der Waals surface area contributed by atoms with Gasteiger partial charge in [-0.25, -0.2) is 13.1 Å². The highest BCUT2D eigenvalue weighted by Crippen LogP contribution is 2.01. The Morgan fingerprint density at radius 1 is 1.38 bits per heavy atom. The molecule has 0 aliphatic carbocycles. The lowest BCUT2D eigenvalue weighted by atomic mass is 10.2. The Kier molecular flexibility index (Phi) is 7.27. The maximum absolute atomic E-state index is 11.4. The smallest absolute Gasteiger partial charge is 0.321 e. The van der Waals surface area contributed by atoms with Gasteiger partial charge in [0.05, 0.1) is 5.75 Å². The quantitative estimate of drug-likeness (QED) is 0.499. The van der Waals surface area contributed by atoms with Gasteiger partial charge in [-0.15, -0.1) is 0 Å². The van der Waals surface area contributed by atoms with E-state index in [-0.39, 0.29) is 18.8 Å². The van der Waals surface area contributed by atoms with Gasteiger partial charge in [0.15, 0.2) is 0 Å². The summed E-state index contributed by atoms with van der Waals surface area (Å²) < 4.78 is 24.9. The van der Waals surface area contributed by atoms with Crippen LogP contribution in [0, 0.1) is 0 Å². The molecule has 0 aliphatic heterocycles. The molecule has 0 amide bonds. The molecule has 0 heterocycles. The number of sulfonamides is 1. The monoisotopic (exact) mass is 253 g/mol. The van der Waals surface area contributed by atoms with Gasteiger partial charge < -0.3 is 10.2 Å². The second kappa shape index (κ2) is 7.59. The number of aliphatic hydroxyl groups is 1. The number of aliphatic carboxylic acids is 1. The first kappa shape index (κ1) is 15.3. The standard InChI is InChI=1S/C9H19NO5S/c1-2-3-4-7-16(14,15)10-8(5-6-11)9(12)13/h8,10-11H,2-7H2,1H3,(H,12,13)/t8-/m0/s1. The number of nitrogens with one attached hydrogen (secondary N) is 1. The van der Waals surface area contributed by atoms with E-state index in [0.29, 0.717) is 6.42 Å². The highest BCUT2D eigenvalue weighted by atomic mass is 32.2. The fraction of sp³-hybridized carbons (Fsp3) is 0.889. The van der Waals surface area contributed by atoms with Crippen LogP contribution in [0.1, 0.15) is 32.6 Å². The van der Waals surface area contributed by atoms with Crippen LogP contribution in [0.15, 0.2) is 0 Å². The van der Waals surface area contributed by atoms with Crippen molar-refractivity contribution < 1.29 is 23.4 Å². The molecule has 0 saturated carbocycles. The predicted molar refractivity (Wildman–Crippen MR) is 59.6 cm³/mol. The van der Waals surface area contributed by atoms with E-state index >= 15 is 0 Å². The van der Waals surface area contributed by atoms with Gasteiger partial charge >= 0.3 is 5.97 Å². The van der Waals surface area contributed by atoms with E-state index in [1.165, 1.54) is 0 Å². The molecule has 6 nitrogen and oxygen atoms in total. The lowest BCUT2D eigenvalue weighted by molar-refractivity contribution is -0.139. The van der Waals surface area contributed by atoms with E-state index in [2.05, 4.69) is 4.72 Å². The summed E-state index contributed by atoms with van der Waals surface area (Å²) in [5, 5.41) is 17.3. The van der Waals surface area contributed by atoms with Crippen LogP contribution in [0.4, 0.5) is 0 Å². The fourth-order valence-corrected chi connectivity index (χ4v) is 2.53. The summed E-state index contributed by atoms with van der Waals surface area (Å²) in [6, 6.07) is -1.24. The number of rotatable bonds is 9. The average Bonchev–Trinajstić information content (AvgIpc) is 2.17. The van der Waals surface area contributed by atoms with Crippen molar-refractivity contribution in [2.45, 2.75) is 38.6 Å². The normalized spacial score (nSPS) is 13.6. The van der Waals surface area contributed by atoms with E-state index in [4.69, 9.17) is 10.2 Å². The topological polar surface area (TPSA) is 104 Å². The van der Waals surface area contributed by atoms with Crippen molar-refractivity contribution in [1.29, 1.82) is 0 Å². The van der Waals surface area contributed by atoms with Crippen LogP contribution in [0.3, 0.4) is 0 Å². The third-order valence-electron chi connectivity index (χ3n) is 2.05. The molecule has 0 aromatic carbocycles. The fourth-order valence-electron chi connectivity index (χ4n) is 1.18. The van der Waals surface area contributed by atoms with Crippen molar-refractivity contribution in [2.75, 3.05) is 12.4 Å². The summed E-state index contributed by atoms with van der Waals surface area (Å²) in [7, 11) is -3.56. The van der Waals surface area contributed by atoms with E-state index < -0.39 is 22.0 Å². The first-order chi connectivity index (χ1) is 7.43. The second-order valence-electron chi connectivity index (χ2n) is 3.55. The Morgan fingerprint density at radius 2 is 2.00 bits per heavy atom.